The fourth-order valence-electron chi connectivity index (χ4n) is 1.92. The zero-order valence-corrected chi connectivity index (χ0v) is 15.6. The number of nitrogens with one attached hydrogen (secondary N) is 2. The van der Waals surface area contributed by atoms with Crippen LogP contribution in [0.2, 0.25) is 0 Å². The molecule has 24 heavy (non-hydrogen) atoms. The number of benzene rings is 1. The number of amides is 2. The van der Waals surface area contributed by atoms with Gasteiger partial charge in [0.1, 0.15) is 23.0 Å². The van der Waals surface area contributed by atoms with Gasteiger partial charge in [-0.05, 0) is 45.2 Å². The summed E-state index contributed by atoms with van der Waals surface area (Å²) in [4.78, 5) is 24.8. The van der Waals surface area contributed by atoms with Crippen LogP contribution in [0.4, 0.5) is 4.79 Å². The van der Waals surface area contributed by atoms with Crippen LogP contribution >= 0.6 is 0 Å². The smallest absolute Gasteiger partial charge is 0.408 e. The average Bonchev–Trinajstić information content (AvgIpc) is 2.44. The third-order valence-electron chi connectivity index (χ3n) is 2.87. The third-order valence-corrected chi connectivity index (χ3v) is 3.95. The van der Waals surface area contributed by atoms with E-state index in [0.717, 1.165) is 0 Å². The van der Waals surface area contributed by atoms with Crippen LogP contribution in [0, 0.1) is 5.92 Å². The van der Waals surface area contributed by atoms with Crippen molar-refractivity contribution >= 4 is 23.4 Å². The fraction of sp³-hybridized carbons (Fsp3) is 0.529. The summed E-state index contributed by atoms with van der Waals surface area (Å²) in [6.07, 6.45) is -0.259. The van der Waals surface area contributed by atoms with Crippen LogP contribution in [0.25, 0.3) is 0 Å². The highest BCUT2D eigenvalue weighted by atomic mass is 32.2. The summed E-state index contributed by atoms with van der Waals surface area (Å²) in [6.45, 7) is 9.11. The molecule has 0 saturated heterocycles. The molecule has 0 radical (unpaired) electrons. The number of hydrogen-bond acceptors (Lipinski definition) is 4. The summed E-state index contributed by atoms with van der Waals surface area (Å²) in [5, 5.41) is 2.55. The third kappa shape index (κ3) is 7.70. The van der Waals surface area contributed by atoms with Gasteiger partial charge >= 0.3 is 6.09 Å². The molecule has 7 heteroatoms. The average molecular weight is 354 g/mol. The Bertz CT molecular complexity index is 543. The maximum absolute atomic E-state index is 12.4. The van der Waals surface area contributed by atoms with Crippen molar-refractivity contribution < 1.29 is 18.9 Å². The predicted octanol–water partition coefficient (Wildman–Crippen LogP) is 2.76. The van der Waals surface area contributed by atoms with E-state index in [-0.39, 0.29) is 5.92 Å². The molecule has 0 aliphatic rings. The fourth-order valence-corrected chi connectivity index (χ4v) is 2.77. The Balaban J connectivity index is 2.72. The Labute approximate surface area is 146 Å². The standard InChI is InChI=1S/C17H26N2O4S/c1-12(2)11-14(18-16(21)23-17(3,4)5)15(20)19-24(22)13-9-7-6-8-10-13/h6-10,12,14H,11H2,1-5H3,(H,18,21)(H,19,20)/t14-,24+/m0/s1. The van der Waals surface area contributed by atoms with Crippen LogP contribution in [0.5, 0.6) is 0 Å². The van der Waals surface area contributed by atoms with Gasteiger partial charge in [0, 0.05) is 0 Å². The van der Waals surface area contributed by atoms with Crippen molar-refractivity contribution in [1.82, 2.24) is 10.0 Å². The van der Waals surface area contributed by atoms with Crippen LogP contribution in [0.3, 0.4) is 0 Å². The second kappa shape index (κ2) is 8.94. The summed E-state index contributed by atoms with van der Waals surface area (Å²) >= 11 is -1.67. The Morgan fingerprint density at radius 2 is 1.79 bits per heavy atom. The van der Waals surface area contributed by atoms with E-state index in [1.54, 1.807) is 51.1 Å². The van der Waals surface area contributed by atoms with E-state index in [0.29, 0.717) is 11.3 Å². The molecule has 1 aromatic rings. The summed E-state index contributed by atoms with van der Waals surface area (Å²) in [7, 11) is 0. The maximum Gasteiger partial charge on any atom is 0.408 e. The molecule has 0 unspecified atom stereocenters. The normalized spacial score (nSPS) is 14.0. The number of alkyl carbamates (subject to hydrolysis) is 1. The molecule has 2 amide bonds. The molecule has 0 bridgehead atoms. The van der Waals surface area contributed by atoms with E-state index in [9.17, 15) is 14.1 Å². The Hall–Kier alpha value is -1.73. The Morgan fingerprint density at radius 1 is 1.21 bits per heavy atom. The van der Waals surface area contributed by atoms with Crippen LogP contribution in [-0.2, 0) is 20.9 Å². The van der Waals surface area contributed by atoms with Gasteiger partial charge in [-0.1, -0.05) is 32.0 Å². The van der Waals surface area contributed by atoms with Crippen molar-refractivity contribution in [3.8, 4) is 0 Å². The van der Waals surface area contributed by atoms with Crippen LogP contribution in [0.1, 0.15) is 41.0 Å². The highest BCUT2D eigenvalue weighted by Gasteiger charge is 2.28. The summed E-state index contributed by atoms with van der Waals surface area (Å²) in [6, 6.07) is 7.79. The second-order valence-electron chi connectivity index (χ2n) is 6.88. The van der Waals surface area contributed by atoms with Crippen molar-refractivity contribution in [1.29, 1.82) is 0 Å². The molecule has 0 saturated carbocycles. The van der Waals surface area contributed by atoms with Gasteiger partial charge in [-0.25, -0.2) is 4.79 Å². The van der Waals surface area contributed by atoms with Gasteiger partial charge in [-0.3, -0.25) is 4.79 Å². The first kappa shape index (κ1) is 20.3. The quantitative estimate of drug-likeness (QED) is 0.769. The minimum Gasteiger partial charge on any atom is -0.588 e. The van der Waals surface area contributed by atoms with Crippen molar-refractivity contribution in [3.63, 3.8) is 0 Å². The van der Waals surface area contributed by atoms with Crippen molar-refractivity contribution in [2.45, 2.75) is 57.6 Å². The molecule has 1 rings (SSSR count). The first-order valence-electron chi connectivity index (χ1n) is 7.85. The molecule has 134 valence electrons. The first-order valence-corrected chi connectivity index (χ1v) is 9.00. The van der Waals surface area contributed by atoms with Gasteiger partial charge in [0.2, 0.25) is 0 Å². The molecule has 2 N–H and O–H groups in total. The highest BCUT2D eigenvalue weighted by molar-refractivity contribution is 7.90. The molecule has 0 heterocycles. The summed E-state index contributed by atoms with van der Waals surface area (Å²) in [5.41, 5.74) is -0.657. The summed E-state index contributed by atoms with van der Waals surface area (Å²) < 4.78 is 19.8. The van der Waals surface area contributed by atoms with Crippen LogP contribution < -0.4 is 10.0 Å². The summed E-state index contributed by atoms with van der Waals surface area (Å²) in [5.74, 6) is -0.336. The highest BCUT2D eigenvalue weighted by Crippen LogP contribution is 2.11. The minimum absolute atomic E-state index is 0.167. The van der Waals surface area contributed by atoms with Gasteiger partial charge in [-0.15, -0.1) is 0 Å². The largest absolute Gasteiger partial charge is 0.588 e. The molecule has 6 nitrogen and oxygen atoms in total. The van der Waals surface area contributed by atoms with Crippen LogP contribution in [-0.4, -0.2) is 28.2 Å². The molecule has 2 atom stereocenters. The lowest BCUT2D eigenvalue weighted by Gasteiger charge is -2.24. The minimum atomic E-state index is -1.67. The van der Waals surface area contributed by atoms with E-state index in [2.05, 4.69) is 10.0 Å². The molecule has 1 aromatic carbocycles. The van der Waals surface area contributed by atoms with Crippen molar-refractivity contribution in [3.05, 3.63) is 30.3 Å². The maximum atomic E-state index is 12.4. The number of ether oxygens (including phenoxy) is 1. The molecule has 0 spiro atoms. The second-order valence-corrected chi connectivity index (χ2v) is 8.09. The zero-order chi connectivity index (χ0) is 18.3. The van der Waals surface area contributed by atoms with Gasteiger partial charge in [0.25, 0.3) is 5.91 Å². The molecular formula is C17H26N2O4S. The van der Waals surface area contributed by atoms with E-state index >= 15 is 0 Å². The monoisotopic (exact) mass is 354 g/mol. The van der Waals surface area contributed by atoms with E-state index < -0.39 is 35.0 Å². The molecule has 0 aliphatic carbocycles. The predicted molar refractivity (Wildman–Crippen MR) is 93.6 cm³/mol. The lowest BCUT2D eigenvalue weighted by atomic mass is 10.0. The number of rotatable bonds is 6. The molecular weight excluding hydrogens is 328 g/mol. The molecule has 0 aliphatic heterocycles. The van der Waals surface area contributed by atoms with Crippen molar-refractivity contribution in [2.24, 2.45) is 5.92 Å². The number of carbonyl (C=O) groups is 2. The number of carbonyl (C=O) groups excluding carboxylic acids is 2. The lowest BCUT2D eigenvalue weighted by molar-refractivity contribution is -0.121. The van der Waals surface area contributed by atoms with E-state index in [4.69, 9.17) is 4.74 Å². The topological polar surface area (TPSA) is 90.5 Å². The van der Waals surface area contributed by atoms with Gasteiger partial charge in [0.15, 0.2) is 4.90 Å². The van der Waals surface area contributed by atoms with E-state index in [1.807, 2.05) is 13.8 Å². The Kier molecular flexibility index (Phi) is 7.57. The van der Waals surface area contributed by atoms with Gasteiger partial charge < -0.3 is 14.6 Å². The van der Waals surface area contributed by atoms with E-state index in [1.165, 1.54) is 0 Å². The SMILES string of the molecule is CC(C)C[C@H](NC(=O)OC(C)(C)C)C(=O)N[S@+]([O-])c1ccccc1. The lowest BCUT2D eigenvalue weighted by Crippen LogP contribution is -2.50. The van der Waals surface area contributed by atoms with Crippen LogP contribution in [0.15, 0.2) is 35.2 Å². The van der Waals surface area contributed by atoms with Crippen molar-refractivity contribution in [2.75, 3.05) is 0 Å². The Morgan fingerprint density at radius 3 is 2.29 bits per heavy atom. The first-order chi connectivity index (χ1) is 11.1. The van der Waals surface area contributed by atoms with Gasteiger partial charge in [0.05, 0.1) is 0 Å². The number of hydrogen-bond donors (Lipinski definition) is 2. The molecule has 0 fully saturated rings. The van der Waals surface area contributed by atoms with Gasteiger partial charge in [-0.2, -0.15) is 4.72 Å². The zero-order valence-electron chi connectivity index (χ0n) is 14.8. The molecule has 0 aromatic heterocycles.